The minimum absolute atomic E-state index is 0.0412. The van der Waals surface area contributed by atoms with Gasteiger partial charge in [-0.3, -0.25) is 0 Å². The van der Waals surface area contributed by atoms with E-state index in [2.05, 4.69) is 15.5 Å². The topological polar surface area (TPSA) is 63.8 Å². The molecule has 16 heavy (non-hydrogen) atoms. The third-order valence-corrected chi connectivity index (χ3v) is 2.71. The number of aromatic nitrogens is 4. The maximum absolute atomic E-state index is 12.0. The van der Waals surface area contributed by atoms with E-state index in [0.717, 1.165) is 11.8 Å². The molecule has 1 atom stereocenters. The average molecular weight is 256 g/mol. The third-order valence-electron chi connectivity index (χ3n) is 1.70. The van der Waals surface area contributed by atoms with Crippen LogP contribution in [0.25, 0.3) is 0 Å². The van der Waals surface area contributed by atoms with Crippen LogP contribution in [0, 0.1) is 0 Å². The van der Waals surface area contributed by atoms with Gasteiger partial charge in [-0.05, 0) is 24.3 Å². The van der Waals surface area contributed by atoms with E-state index in [-0.39, 0.29) is 11.2 Å². The van der Waals surface area contributed by atoms with Crippen molar-refractivity contribution in [3.05, 3.63) is 0 Å². The van der Waals surface area contributed by atoms with Crippen LogP contribution < -0.4 is 0 Å². The average Bonchev–Trinajstić information content (AvgIpc) is 2.60. The second-order valence-corrected chi connectivity index (χ2v) is 4.36. The fourth-order valence-electron chi connectivity index (χ4n) is 0.853. The largest absolute Gasteiger partial charge is 0.415 e. The first-order valence-corrected chi connectivity index (χ1v) is 5.46. The number of hydrogen-bond acceptors (Lipinski definition) is 5. The fraction of sp³-hybridized carbons (Fsp3) is 0.857. The molecule has 0 bridgehead atoms. The second-order valence-electron chi connectivity index (χ2n) is 3.37. The van der Waals surface area contributed by atoms with E-state index in [1.54, 1.807) is 13.8 Å². The Bertz CT molecular complexity index is 341. The van der Waals surface area contributed by atoms with Gasteiger partial charge in [0.2, 0.25) is 5.16 Å². The van der Waals surface area contributed by atoms with Crippen LogP contribution in [-0.2, 0) is 0 Å². The molecular weight excluding hydrogens is 245 g/mol. The van der Waals surface area contributed by atoms with Crippen molar-refractivity contribution in [3.8, 4) is 0 Å². The van der Waals surface area contributed by atoms with Crippen LogP contribution in [0.5, 0.6) is 0 Å². The highest BCUT2D eigenvalue weighted by Gasteiger charge is 2.38. The Labute approximate surface area is 94.0 Å². The third kappa shape index (κ3) is 3.34. The number of alkyl halides is 3. The molecule has 9 heteroatoms. The van der Waals surface area contributed by atoms with Gasteiger partial charge in [0.1, 0.15) is 0 Å². The quantitative estimate of drug-likeness (QED) is 0.822. The van der Waals surface area contributed by atoms with Crippen molar-refractivity contribution in [2.45, 2.75) is 37.3 Å². The second kappa shape index (κ2) is 5.00. The summed E-state index contributed by atoms with van der Waals surface area (Å²) in [7, 11) is 0. The lowest BCUT2D eigenvalue weighted by molar-refractivity contribution is -0.195. The summed E-state index contributed by atoms with van der Waals surface area (Å²) in [6.07, 6.45) is -6.97. The summed E-state index contributed by atoms with van der Waals surface area (Å²) < 4.78 is 37.4. The normalized spacial score (nSPS) is 14.4. The van der Waals surface area contributed by atoms with Crippen LogP contribution in [0.3, 0.4) is 0 Å². The monoisotopic (exact) mass is 256 g/mol. The van der Waals surface area contributed by atoms with Crippen molar-refractivity contribution in [1.29, 1.82) is 0 Å². The van der Waals surface area contributed by atoms with Crippen LogP contribution in [0.4, 0.5) is 13.2 Å². The molecular formula is C7H11F3N4OS. The summed E-state index contributed by atoms with van der Waals surface area (Å²) >= 11 is 0.774. The number of rotatable bonds is 4. The van der Waals surface area contributed by atoms with Gasteiger partial charge >= 0.3 is 6.18 Å². The summed E-state index contributed by atoms with van der Waals surface area (Å²) in [4.78, 5) is 0. The van der Waals surface area contributed by atoms with E-state index in [1.807, 2.05) is 0 Å². The highest BCUT2D eigenvalue weighted by molar-refractivity contribution is 7.99. The number of nitrogens with zero attached hydrogens (tertiary/aromatic N) is 4. The molecule has 92 valence electrons. The maximum atomic E-state index is 12.0. The maximum Gasteiger partial charge on any atom is 0.415 e. The lowest BCUT2D eigenvalue weighted by atomic mass is 10.4. The molecule has 1 rings (SSSR count). The van der Waals surface area contributed by atoms with E-state index in [4.69, 9.17) is 5.11 Å². The van der Waals surface area contributed by atoms with E-state index in [9.17, 15) is 13.2 Å². The Morgan fingerprint density at radius 2 is 2.06 bits per heavy atom. The Morgan fingerprint density at radius 1 is 1.44 bits per heavy atom. The van der Waals surface area contributed by atoms with Gasteiger partial charge in [0.15, 0.2) is 6.10 Å². The van der Waals surface area contributed by atoms with Crippen molar-refractivity contribution in [3.63, 3.8) is 0 Å². The van der Waals surface area contributed by atoms with Crippen molar-refractivity contribution >= 4 is 11.8 Å². The standard InChI is InChI=1S/C7H11F3N4OS/c1-4(2)14-6(11-12-13-14)16-3-5(15)7(8,9)10/h4-5,15H,3H2,1-2H3. The zero-order valence-corrected chi connectivity index (χ0v) is 9.46. The molecule has 0 aliphatic carbocycles. The van der Waals surface area contributed by atoms with Crippen LogP contribution in [-0.4, -0.2) is 43.3 Å². The highest BCUT2D eigenvalue weighted by atomic mass is 32.2. The van der Waals surface area contributed by atoms with E-state index in [0.29, 0.717) is 0 Å². The van der Waals surface area contributed by atoms with Crippen molar-refractivity contribution in [1.82, 2.24) is 20.2 Å². The van der Waals surface area contributed by atoms with Gasteiger partial charge in [0.25, 0.3) is 0 Å². The van der Waals surface area contributed by atoms with Gasteiger partial charge in [0.05, 0.1) is 6.04 Å². The van der Waals surface area contributed by atoms with E-state index in [1.165, 1.54) is 4.68 Å². The molecule has 0 aromatic carbocycles. The van der Waals surface area contributed by atoms with Gasteiger partial charge < -0.3 is 5.11 Å². The molecule has 1 unspecified atom stereocenters. The summed E-state index contributed by atoms with van der Waals surface area (Å²) in [5, 5.41) is 19.6. The number of hydrogen-bond donors (Lipinski definition) is 1. The number of aliphatic hydroxyl groups is 1. The molecule has 1 aromatic heterocycles. The van der Waals surface area contributed by atoms with Crippen LogP contribution in [0.1, 0.15) is 19.9 Å². The molecule has 0 fully saturated rings. The molecule has 0 aliphatic rings. The number of thioether (sulfide) groups is 1. The van der Waals surface area contributed by atoms with Gasteiger partial charge in [-0.2, -0.15) is 13.2 Å². The SMILES string of the molecule is CC(C)n1nnnc1SCC(O)C(F)(F)F. The molecule has 0 radical (unpaired) electrons. The zero-order chi connectivity index (χ0) is 12.3. The Kier molecular flexibility index (Phi) is 4.14. The molecule has 0 aliphatic heterocycles. The van der Waals surface area contributed by atoms with Crippen LogP contribution >= 0.6 is 11.8 Å². The lowest BCUT2D eigenvalue weighted by Gasteiger charge is -2.13. The van der Waals surface area contributed by atoms with Gasteiger partial charge in [-0.15, -0.1) is 5.10 Å². The molecule has 0 saturated carbocycles. The summed E-state index contributed by atoms with van der Waals surface area (Å²) in [5.41, 5.74) is 0. The fourth-order valence-corrected chi connectivity index (χ4v) is 1.82. The summed E-state index contributed by atoms with van der Waals surface area (Å²) in [5.74, 6) is -0.517. The molecule has 0 saturated heterocycles. The lowest BCUT2D eigenvalue weighted by Crippen LogP contribution is -2.30. The molecule has 1 heterocycles. The predicted octanol–water partition coefficient (Wildman–Crippen LogP) is 1.27. The van der Waals surface area contributed by atoms with Crippen molar-refractivity contribution < 1.29 is 18.3 Å². The number of halogens is 3. The molecule has 1 N–H and O–H groups in total. The molecule has 0 spiro atoms. The smallest absolute Gasteiger partial charge is 0.383 e. The minimum Gasteiger partial charge on any atom is -0.383 e. The Hall–Kier alpha value is -0.830. The van der Waals surface area contributed by atoms with Crippen molar-refractivity contribution in [2.75, 3.05) is 5.75 Å². The molecule has 0 amide bonds. The van der Waals surface area contributed by atoms with Crippen LogP contribution in [0.15, 0.2) is 5.16 Å². The summed E-state index contributed by atoms with van der Waals surface area (Å²) in [6.45, 7) is 3.61. The highest BCUT2D eigenvalue weighted by Crippen LogP contribution is 2.26. The first-order chi connectivity index (χ1) is 7.32. The summed E-state index contributed by atoms with van der Waals surface area (Å²) in [6, 6.07) is -0.0412. The van der Waals surface area contributed by atoms with Gasteiger partial charge in [-0.25, -0.2) is 4.68 Å². The van der Waals surface area contributed by atoms with Gasteiger partial charge in [-0.1, -0.05) is 11.8 Å². The zero-order valence-electron chi connectivity index (χ0n) is 8.64. The molecule has 5 nitrogen and oxygen atoms in total. The first kappa shape index (κ1) is 13.2. The number of tetrazole rings is 1. The predicted molar refractivity (Wildman–Crippen MR) is 51.0 cm³/mol. The van der Waals surface area contributed by atoms with Crippen molar-refractivity contribution in [2.24, 2.45) is 0 Å². The number of aliphatic hydroxyl groups excluding tert-OH is 1. The Balaban J connectivity index is 2.58. The Morgan fingerprint density at radius 3 is 2.56 bits per heavy atom. The van der Waals surface area contributed by atoms with E-state index < -0.39 is 18.0 Å². The van der Waals surface area contributed by atoms with Gasteiger partial charge in [0, 0.05) is 5.75 Å². The minimum atomic E-state index is -4.61. The molecule has 1 aromatic rings. The van der Waals surface area contributed by atoms with Crippen LogP contribution in [0.2, 0.25) is 0 Å². The first-order valence-electron chi connectivity index (χ1n) is 4.47. The van der Waals surface area contributed by atoms with E-state index >= 15 is 0 Å².